The largest absolute Gasteiger partial charge is 0.491 e. The van der Waals surface area contributed by atoms with Gasteiger partial charge in [-0.3, -0.25) is 0 Å². The minimum absolute atomic E-state index is 0.304. The number of benzene rings is 1. The van der Waals surface area contributed by atoms with Crippen LogP contribution in [-0.2, 0) is 6.61 Å². The van der Waals surface area contributed by atoms with Gasteiger partial charge < -0.3 is 14.8 Å². The molecule has 1 N–H and O–H groups in total. The quantitative estimate of drug-likeness (QED) is 0.887. The summed E-state index contributed by atoms with van der Waals surface area (Å²) in [4.78, 5) is 5.37. The first-order chi connectivity index (χ1) is 10.3. The van der Waals surface area contributed by atoms with E-state index >= 15 is 0 Å². The lowest BCUT2D eigenvalue weighted by molar-refractivity contribution is 0.299. The Labute approximate surface area is 129 Å². The Morgan fingerprint density at radius 3 is 3.14 bits per heavy atom. The van der Waals surface area contributed by atoms with Crippen molar-refractivity contribution in [1.29, 1.82) is 0 Å². The number of nitrogens with one attached hydrogen (secondary N) is 1. The number of thiazole rings is 1. The number of ether oxygens (including phenoxy) is 2. The van der Waals surface area contributed by atoms with Crippen molar-refractivity contribution in [3.8, 4) is 11.5 Å². The van der Waals surface area contributed by atoms with Crippen molar-refractivity contribution in [3.05, 3.63) is 39.8 Å². The molecular weight excluding hydrogens is 284 g/mol. The molecule has 112 valence electrons. The summed E-state index contributed by atoms with van der Waals surface area (Å²) in [5.74, 6) is 1.78. The molecule has 1 aliphatic rings. The van der Waals surface area contributed by atoms with Crippen LogP contribution in [0.15, 0.2) is 24.4 Å². The Bertz CT molecular complexity index is 612. The lowest BCUT2D eigenvalue weighted by Gasteiger charge is -2.10. The maximum atomic E-state index is 5.82. The van der Waals surface area contributed by atoms with Gasteiger partial charge in [0.2, 0.25) is 0 Å². The molecule has 1 aromatic carbocycles. The van der Waals surface area contributed by atoms with Gasteiger partial charge in [-0.25, -0.2) is 4.98 Å². The number of aryl methyl sites for hydroxylation is 1. The molecule has 0 bridgehead atoms. The summed E-state index contributed by atoms with van der Waals surface area (Å²) in [6.45, 7) is 6.44. The van der Waals surface area contributed by atoms with Gasteiger partial charge in [0, 0.05) is 17.8 Å². The highest BCUT2D eigenvalue weighted by molar-refractivity contribution is 7.11. The monoisotopic (exact) mass is 304 g/mol. The highest BCUT2D eigenvalue weighted by Gasteiger charge is 2.23. The van der Waals surface area contributed by atoms with E-state index in [0.717, 1.165) is 34.3 Å². The van der Waals surface area contributed by atoms with Gasteiger partial charge in [-0.1, -0.05) is 6.92 Å². The van der Waals surface area contributed by atoms with Crippen molar-refractivity contribution in [2.45, 2.75) is 32.9 Å². The molecule has 5 heteroatoms. The van der Waals surface area contributed by atoms with Crippen molar-refractivity contribution in [2.24, 2.45) is 0 Å². The Kier molecular flexibility index (Phi) is 4.41. The number of aromatic nitrogens is 1. The molecule has 4 nitrogen and oxygen atoms in total. The summed E-state index contributed by atoms with van der Waals surface area (Å²) >= 11 is 1.66. The fraction of sp³-hybridized carbons (Fsp3) is 0.438. The Morgan fingerprint density at radius 2 is 2.38 bits per heavy atom. The molecule has 1 unspecified atom stereocenters. The predicted octanol–water partition coefficient (Wildman–Crippen LogP) is 3.46. The molecule has 0 radical (unpaired) electrons. The van der Waals surface area contributed by atoms with E-state index in [1.54, 1.807) is 11.3 Å². The normalized spacial score (nSPS) is 16.6. The number of rotatable bonds is 6. The molecule has 0 saturated heterocycles. The Morgan fingerprint density at radius 1 is 1.48 bits per heavy atom. The van der Waals surface area contributed by atoms with Crippen molar-refractivity contribution in [3.63, 3.8) is 0 Å². The SMILES string of the molecule is CCCNC1COc2cc(OCc3cnc(C)s3)ccc21. The standard InChI is InChI=1S/C16H20N2O2S/c1-3-6-17-15-10-20-16-7-12(4-5-14(15)16)19-9-13-8-18-11(2)21-13/h4-5,7-8,15,17H,3,6,9-10H2,1-2H3. The Hall–Kier alpha value is -1.59. The second-order valence-corrected chi connectivity index (χ2v) is 6.47. The van der Waals surface area contributed by atoms with E-state index in [9.17, 15) is 0 Å². The van der Waals surface area contributed by atoms with Gasteiger partial charge >= 0.3 is 0 Å². The smallest absolute Gasteiger partial charge is 0.128 e. The molecular formula is C16H20N2O2S. The fourth-order valence-electron chi connectivity index (χ4n) is 2.39. The van der Waals surface area contributed by atoms with Crippen LogP contribution >= 0.6 is 11.3 Å². The zero-order valence-electron chi connectivity index (χ0n) is 12.4. The predicted molar refractivity (Wildman–Crippen MR) is 84.2 cm³/mol. The number of hydrogen-bond donors (Lipinski definition) is 1. The van der Waals surface area contributed by atoms with Crippen LogP contribution in [0, 0.1) is 6.92 Å². The summed E-state index contributed by atoms with van der Waals surface area (Å²) < 4.78 is 11.6. The lowest BCUT2D eigenvalue weighted by atomic mass is 10.1. The number of hydrogen-bond acceptors (Lipinski definition) is 5. The molecule has 0 aliphatic carbocycles. The average Bonchev–Trinajstić information content (AvgIpc) is 3.09. The van der Waals surface area contributed by atoms with Gasteiger partial charge in [-0.05, 0) is 32.0 Å². The molecule has 3 rings (SSSR count). The molecule has 1 atom stereocenters. The minimum Gasteiger partial charge on any atom is -0.491 e. The zero-order chi connectivity index (χ0) is 14.7. The highest BCUT2D eigenvalue weighted by atomic mass is 32.1. The first-order valence-electron chi connectivity index (χ1n) is 7.30. The fourth-order valence-corrected chi connectivity index (χ4v) is 3.10. The third-order valence-electron chi connectivity index (χ3n) is 3.46. The molecule has 2 aromatic rings. The first-order valence-corrected chi connectivity index (χ1v) is 8.12. The lowest BCUT2D eigenvalue weighted by Crippen LogP contribution is -2.22. The summed E-state index contributed by atoms with van der Waals surface area (Å²) in [6, 6.07) is 6.40. The van der Waals surface area contributed by atoms with E-state index in [2.05, 4.69) is 23.3 Å². The van der Waals surface area contributed by atoms with Gasteiger partial charge in [-0.15, -0.1) is 11.3 Å². The van der Waals surface area contributed by atoms with Crippen molar-refractivity contribution in [2.75, 3.05) is 13.2 Å². The van der Waals surface area contributed by atoms with E-state index in [-0.39, 0.29) is 0 Å². The molecule has 0 saturated carbocycles. The van der Waals surface area contributed by atoms with Gasteiger partial charge in [0.05, 0.1) is 15.9 Å². The number of fused-ring (bicyclic) bond motifs is 1. The van der Waals surface area contributed by atoms with Gasteiger partial charge in [-0.2, -0.15) is 0 Å². The van der Waals surface area contributed by atoms with Crippen LogP contribution in [0.3, 0.4) is 0 Å². The average molecular weight is 304 g/mol. The molecule has 0 spiro atoms. The van der Waals surface area contributed by atoms with Crippen LogP contribution in [0.5, 0.6) is 11.5 Å². The highest BCUT2D eigenvalue weighted by Crippen LogP contribution is 2.35. The maximum Gasteiger partial charge on any atom is 0.128 e. The topological polar surface area (TPSA) is 43.4 Å². The molecule has 0 amide bonds. The first kappa shape index (κ1) is 14.4. The molecule has 2 heterocycles. The van der Waals surface area contributed by atoms with Crippen LogP contribution in [0.4, 0.5) is 0 Å². The molecule has 1 aliphatic heterocycles. The summed E-state index contributed by atoms with van der Waals surface area (Å²) in [6.07, 6.45) is 3.00. The van der Waals surface area contributed by atoms with E-state index in [1.807, 2.05) is 25.3 Å². The van der Waals surface area contributed by atoms with Crippen molar-refractivity contribution >= 4 is 11.3 Å². The van der Waals surface area contributed by atoms with E-state index in [4.69, 9.17) is 9.47 Å². The van der Waals surface area contributed by atoms with E-state index in [1.165, 1.54) is 5.56 Å². The van der Waals surface area contributed by atoms with Gasteiger partial charge in [0.15, 0.2) is 0 Å². The molecule has 0 fully saturated rings. The minimum atomic E-state index is 0.304. The van der Waals surface area contributed by atoms with E-state index in [0.29, 0.717) is 19.3 Å². The third-order valence-corrected chi connectivity index (χ3v) is 4.34. The summed E-state index contributed by atoms with van der Waals surface area (Å²) in [5.41, 5.74) is 1.23. The van der Waals surface area contributed by atoms with Gasteiger partial charge in [0.1, 0.15) is 24.7 Å². The number of nitrogens with zero attached hydrogens (tertiary/aromatic N) is 1. The van der Waals surface area contributed by atoms with Crippen LogP contribution in [0.25, 0.3) is 0 Å². The van der Waals surface area contributed by atoms with Gasteiger partial charge in [0.25, 0.3) is 0 Å². The molecule has 21 heavy (non-hydrogen) atoms. The molecule has 1 aromatic heterocycles. The van der Waals surface area contributed by atoms with Crippen molar-refractivity contribution < 1.29 is 9.47 Å². The Balaban J connectivity index is 1.64. The van der Waals surface area contributed by atoms with Crippen LogP contribution in [0.2, 0.25) is 0 Å². The third kappa shape index (κ3) is 3.36. The maximum absolute atomic E-state index is 5.82. The second kappa shape index (κ2) is 6.45. The van der Waals surface area contributed by atoms with E-state index < -0.39 is 0 Å². The van der Waals surface area contributed by atoms with Crippen LogP contribution in [-0.4, -0.2) is 18.1 Å². The van der Waals surface area contributed by atoms with Crippen LogP contribution in [0.1, 0.15) is 34.8 Å². The van der Waals surface area contributed by atoms with Crippen LogP contribution < -0.4 is 14.8 Å². The summed E-state index contributed by atoms with van der Waals surface area (Å²) in [7, 11) is 0. The van der Waals surface area contributed by atoms with Crippen molar-refractivity contribution in [1.82, 2.24) is 10.3 Å². The summed E-state index contributed by atoms with van der Waals surface area (Å²) in [5, 5.41) is 4.56. The second-order valence-electron chi connectivity index (χ2n) is 5.15. The zero-order valence-corrected chi connectivity index (χ0v) is 13.2.